The molecule has 0 aromatic carbocycles. The second kappa shape index (κ2) is 5.56. The summed E-state index contributed by atoms with van der Waals surface area (Å²) in [7, 11) is -3.09. The van der Waals surface area contributed by atoms with Crippen LogP contribution in [-0.2, 0) is 9.84 Å². The van der Waals surface area contributed by atoms with Gasteiger partial charge in [0.2, 0.25) is 0 Å². The summed E-state index contributed by atoms with van der Waals surface area (Å²) in [6.45, 7) is 5.83. The highest BCUT2D eigenvalue weighted by molar-refractivity contribution is 7.94. The molecule has 0 amide bonds. The molecule has 0 N–H and O–H groups in total. The fraction of sp³-hybridized carbons (Fsp3) is 0.600. The van der Waals surface area contributed by atoms with Gasteiger partial charge in [-0.1, -0.05) is 31.0 Å². The molecular formula is C10H17ClO2S. The summed E-state index contributed by atoms with van der Waals surface area (Å²) in [5.41, 5.74) is 0.905. The standard InChI is InChI=1S/C8H11ClO2S.C2H6/c1-6-3-4-7(9)5-8(6)12(2,10)11;1-2/h5H,3-4H2,1-2H3;1-2H3. The lowest BCUT2D eigenvalue weighted by atomic mass is 10.1. The third-order valence-corrected chi connectivity index (χ3v) is 3.41. The van der Waals surface area contributed by atoms with Gasteiger partial charge in [-0.3, -0.25) is 0 Å². The zero-order valence-electron chi connectivity index (χ0n) is 9.09. The summed E-state index contributed by atoms with van der Waals surface area (Å²) in [4.78, 5) is 0.388. The first kappa shape index (κ1) is 13.7. The van der Waals surface area contributed by atoms with Crippen LogP contribution in [0.25, 0.3) is 0 Å². The Kier molecular flexibility index (Phi) is 5.45. The Bertz CT molecular complexity index is 350. The topological polar surface area (TPSA) is 34.1 Å². The fourth-order valence-electron chi connectivity index (χ4n) is 1.19. The average Bonchev–Trinajstić information content (AvgIpc) is 2.11. The second-order valence-electron chi connectivity index (χ2n) is 3.01. The molecule has 4 heteroatoms. The van der Waals surface area contributed by atoms with Gasteiger partial charge < -0.3 is 0 Å². The number of hydrogen-bond acceptors (Lipinski definition) is 2. The molecule has 1 rings (SSSR count). The molecule has 0 spiro atoms. The zero-order chi connectivity index (χ0) is 11.4. The molecular weight excluding hydrogens is 220 g/mol. The summed E-state index contributed by atoms with van der Waals surface area (Å²) in [6, 6.07) is 0. The molecule has 0 aromatic rings. The minimum atomic E-state index is -3.09. The van der Waals surface area contributed by atoms with E-state index in [1.807, 2.05) is 20.8 Å². The van der Waals surface area contributed by atoms with Crippen molar-refractivity contribution in [1.29, 1.82) is 0 Å². The molecule has 82 valence electrons. The van der Waals surface area contributed by atoms with Crippen LogP contribution in [0.2, 0.25) is 0 Å². The molecule has 0 aromatic heterocycles. The molecule has 0 radical (unpaired) electrons. The molecule has 2 nitrogen and oxygen atoms in total. The zero-order valence-corrected chi connectivity index (χ0v) is 10.7. The smallest absolute Gasteiger partial charge is 0.175 e. The van der Waals surface area contributed by atoms with Gasteiger partial charge in [0.1, 0.15) is 0 Å². The minimum absolute atomic E-state index is 0.388. The molecule has 0 bridgehead atoms. The normalized spacial score (nSPS) is 17.1. The van der Waals surface area contributed by atoms with Gasteiger partial charge in [-0.25, -0.2) is 8.42 Å². The van der Waals surface area contributed by atoms with Crippen LogP contribution in [-0.4, -0.2) is 14.7 Å². The maximum absolute atomic E-state index is 11.2. The summed E-state index contributed by atoms with van der Waals surface area (Å²) in [5, 5.41) is 0.626. The summed E-state index contributed by atoms with van der Waals surface area (Å²) in [6.07, 6.45) is 4.26. The number of sulfone groups is 1. The first-order valence-corrected chi connectivity index (χ1v) is 6.94. The van der Waals surface area contributed by atoms with Crippen LogP contribution in [0.4, 0.5) is 0 Å². The van der Waals surface area contributed by atoms with Crippen LogP contribution in [0, 0.1) is 0 Å². The quantitative estimate of drug-likeness (QED) is 0.701. The van der Waals surface area contributed by atoms with Gasteiger partial charge in [0.15, 0.2) is 9.84 Å². The predicted octanol–water partition coefficient (Wildman–Crippen LogP) is 3.25. The van der Waals surface area contributed by atoms with Crippen molar-refractivity contribution >= 4 is 21.4 Å². The highest BCUT2D eigenvalue weighted by Gasteiger charge is 2.16. The van der Waals surface area contributed by atoms with Gasteiger partial charge in [-0.15, -0.1) is 0 Å². The van der Waals surface area contributed by atoms with E-state index >= 15 is 0 Å². The summed E-state index contributed by atoms with van der Waals surface area (Å²) in [5.74, 6) is 0. The second-order valence-corrected chi connectivity index (χ2v) is 5.48. The van der Waals surface area contributed by atoms with Gasteiger partial charge >= 0.3 is 0 Å². The Balaban J connectivity index is 0.000000791. The van der Waals surface area contributed by atoms with Crippen LogP contribution in [0.15, 0.2) is 21.6 Å². The summed E-state index contributed by atoms with van der Waals surface area (Å²) < 4.78 is 22.4. The van der Waals surface area contributed by atoms with Crippen LogP contribution in [0.3, 0.4) is 0 Å². The van der Waals surface area contributed by atoms with E-state index in [2.05, 4.69) is 0 Å². The minimum Gasteiger partial charge on any atom is -0.224 e. The monoisotopic (exact) mass is 236 g/mol. The van der Waals surface area contributed by atoms with Crippen LogP contribution in [0.1, 0.15) is 33.6 Å². The van der Waals surface area contributed by atoms with Crippen molar-refractivity contribution in [3.63, 3.8) is 0 Å². The molecule has 0 saturated heterocycles. The Hall–Kier alpha value is -0.280. The van der Waals surface area contributed by atoms with Crippen molar-refractivity contribution < 1.29 is 8.42 Å². The number of halogens is 1. The van der Waals surface area contributed by atoms with Gasteiger partial charge in [0, 0.05) is 11.3 Å². The molecule has 0 aliphatic heterocycles. The predicted molar refractivity (Wildman–Crippen MR) is 62.1 cm³/mol. The van der Waals surface area contributed by atoms with Gasteiger partial charge in [-0.05, 0) is 25.8 Å². The molecule has 0 unspecified atom stereocenters. The number of rotatable bonds is 1. The van der Waals surface area contributed by atoms with Crippen LogP contribution >= 0.6 is 11.6 Å². The molecule has 0 saturated carbocycles. The van der Waals surface area contributed by atoms with E-state index in [4.69, 9.17) is 11.6 Å². The van der Waals surface area contributed by atoms with Crippen LogP contribution < -0.4 is 0 Å². The molecule has 1 aliphatic carbocycles. The van der Waals surface area contributed by atoms with Gasteiger partial charge in [-0.2, -0.15) is 0 Å². The van der Waals surface area contributed by atoms with Crippen molar-refractivity contribution in [2.75, 3.05) is 6.26 Å². The Morgan fingerprint density at radius 3 is 2.14 bits per heavy atom. The van der Waals surface area contributed by atoms with Crippen molar-refractivity contribution in [3.8, 4) is 0 Å². The van der Waals surface area contributed by atoms with E-state index in [1.165, 1.54) is 6.26 Å². The van der Waals surface area contributed by atoms with E-state index in [9.17, 15) is 8.42 Å². The summed E-state index contributed by atoms with van der Waals surface area (Å²) >= 11 is 5.75. The molecule has 0 fully saturated rings. The van der Waals surface area contributed by atoms with E-state index in [-0.39, 0.29) is 0 Å². The van der Waals surface area contributed by atoms with E-state index in [0.29, 0.717) is 9.94 Å². The molecule has 0 heterocycles. The fourth-order valence-corrected chi connectivity index (χ4v) is 2.55. The van der Waals surface area contributed by atoms with Crippen molar-refractivity contribution in [2.24, 2.45) is 0 Å². The third kappa shape index (κ3) is 3.84. The average molecular weight is 237 g/mol. The first-order valence-electron chi connectivity index (χ1n) is 4.67. The highest BCUT2D eigenvalue weighted by Crippen LogP contribution is 2.28. The van der Waals surface area contributed by atoms with E-state index in [0.717, 1.165) is 18.4 Å². The van der Waals surface area contributed by atoms with Crippen molar-refractivity contribution in [2.45, 2.75) is 33.6 Å². The highest BCUT2D eigenvalue weighted by atomic mass is 35.5. The van der Waals surface area contributed by atoms with Crippen LogP contribution in [0.5, 0.6) is 0 Å². The lowest BCUT2D eigenvalue weighted by molar-refractivity contribution is 0.607. The third-order valence-electron chi connectivity index (χ3n) is 1.85. The van der Waals surface area contributed by atoms with Gasteiger partial charge in [0.25, 0.3) is 0 Å². The SMILES string of the molecule is CC.CC1=C(S(C)(=O)=O)C=C(Cl)CC1. The maximum Gasteiger partial charge on any atom is 0.175 e. The van der Waals surface area contributed by atoms with Crippen molar-refractivity contribution in [3.05, 3.63) is 21.6 Å². The lowest BCUT2D eigenvalue weighted by Gasteiger charge is -2.12. The number of allylic oxidation sites excluding steroid dienone is 3. The molecule has 1 aliphatic rings. The van der Waals surface area contributed by atoms with Gasteiger partial charge in [0.05, 0.1) is 4.91 Å². The van der Waals surface area contributed by atoms with E-state index in [1.54, 1.807) is 6.08 Å². The molecule has 0 atom stereocenters. The lowest BCUT2D eigenvalue weighted by Crippen LogP contribution is -2.05. The first-order chi connectivity index (χ1) is 6.41. The Morgan fingerprint density at radius 2 is 1.79 bits per heavy atom. The number of hydrogen-bond donors (Lipinski definition) is 0. The van der Waals surface area contributed by atoms with Crippen molar-refractivity contribution in [1.82, 2.24) is 0 Å². The Morgan fingerprint density at radius 1 is 1.29 bits per heavy atom. The molecule has 14 heavy (non-hydrogen) atoms. The van der Waals surface area contributed by atoms with E-state index < -0.39 is 9.84 Å². The Labute approximate surface area is 91.6 Å². The maximum atomic E-state index is 11.2. The largest absolute Gasteiger partial charge is 0.224 e.